The van der Waals surface area contributed by atoms with E-state index in [9.17, 15) is 8.42 Å². The van der Waals surface area contributed by atoms with E-state index in [2.05, 4.69) is 21.2 Å². The summed E-state index contributed by atoms with van der Waals surface area (Å²) in [5.41, 5.74) is 8.58. The average Bonchev–Trinajstić information content (AvgIpc) is 2.36. The van der Waals surface area contributed by atoms with Crippen molar-refractivity contribution in [3.8, 4) is 0 Å². The Morgan fingerprint density at radius 1 is 1.19 bits per heavy atom. The van der Waals surface area contributed by atoms with E-state index in [-0.39, 0.29) is 4.90 Å². The van der Waals surface area contributed by atoms with Crippen molar-refractivity contribution in [3.05, 3.63) is 45.4 Å². The highest BCUT2D eigenvalue weighted by Gasteiger charge is 2.11. The minimum absolute atomic E-state index is 0.187. The van der Waals surface area contributed by atoms with Gasteiger partial charge in [-0.2, -0.15) is 0 Å². The van der Waals surface area contributed by atoms with Gasteiger partial charge in [0, 0.05) is 15.8 Å². The van der Waals surface area contributed by atoms with E-state index < -0.39 is 9.84 Å². The summed E-state index contributed by atoms with van der Waals surface area (Å²) in [6.45, 7) is 1.91. The lowest BCUT2D eigenvalue weighted by Crippen LogP contribution is -2.02. The molecule has 0 saturated carbocycles. The molecule has 21 heavy (non-hydrogen) atoms. The lowest BCUT2D eigenvalue weighted by molar-refractivity contribution is 0.602. The zero-order valence-electron chi connectivity index (χ0n) is 11.4. The molecule has 0 aliphatic rings. The first kappa shape index (κ1) is 16.1. The van der Waals surface area contributed by atoms with Gasteiger partial charge in [-0.1, -0.05) is 11.6 Å². The first-order valence-corrected chi connectivity index (χ1v) is 9.07. The van der Waals surface area contributed by atoms with Gasteiger partial charge in [-0.05, 0) is 58.7 Å². The van der Waals surface area contributed by atoms with Gasteiger partial charge in [0.05, 0.1) is 22.0 Å². The molecule has 112 valence electrons. The first-order valence-electron chi connectivity index (χ1n) is 6.01. The van der Waals surface area contributed by atoms with Crippen molar-refractivity contribution in [1.82, 2.24) is 0 Å². The number of rotatable bonds is 3. The van der Waals surface area contributed by atoms with Gasteiger partial charge in [0.15, 0.2) is 9.84 Å². The third-order valence-corrected chi connectivity index (χ3v) is 5.14. The number of nitrogens with one attached hydrogen (secondary N) is 1. The predicted octanol–water partition coefficient (Wildman–Crippen LogP) is 4.14. The van der Waals surface area contributed by atoms with Crippen LogP contribution in [-0.4, -0.2) is 14.7 Å². The molecule has 0 fully saturated rings. The number of nitrogens with two attached hydrogens (primary N) is 1. The number of hydrogen-bond acceptors (Lipinski definition) is 4. The van der Waals surface area contributed by atoms with Crippen LogP contribution in [0.3, 0.4) is 0 Å². The number of hydrogen-bond donors (Lipinski definition) is 2. The summed E-state index contributed by atoms with van der Waals surface area (Å²) in [4.78, 5) is 0.187. The molecule has 3 N–H and O–H groups in total. The Bertz CT molecular complexity index is 807. The van der Waals surface area contributed by atoms with Crippen molar-refractivity contribution in [1.29, 1.82) is 0 Å². The van der Waals surface area contributed by atoms with Gasteiger partial charge in [0.25, 0.3) is 0 Å². The Morgan fingerprint density at radius 2 is 1.86 bits per heavy atom. The van der Waals surface area contributed by atoms with Crippen LogP contribution in [0.4, 0.5) is 17.1 Å². The fourth-order valence-corrected chi connectivity index (χ4v) is 3.15. The molecular weight excluding hydrogens is 376 g/mol. The molecular formula is C14H14BrClN2O2S. The zero-order chi connectivity index (χ0) is 15.8. The van der Waals surface area contributed by atoms with Crippen molar-refractivity contribution in [3.63, 3.8) is 0 Å². The molecule has 0 saturated heterocycles. The molecule has 0 bridgehead atoms. The third-order valence-electron chi connectivity index (χ3n) is 2.97. The molecule has 0 spiro atoms. The van der Waals surface area contributed by atoms with Crippen LogP contribution in [0.25, 0.3) is 0 Å². The van der Waals surface area contributed by atoms with Gasteiger partial charge in [-0.25, -0.2) is 8.42 Å². The minimum atomic E-state index is -3.27. The Kier molecular flexibility index (Phi) is 4.51. The number of nitrogen functional groups attached to an aromatic ring is 1. The summed E-state index contributed by atoms with van der Waals surface area (Å²) >= 11 is 9.56. The van der Waals surface area contributed by atoms with Crippen LogP contribution in [0.2, 0.25) is 5.02 Å². The smallest absolute Gasteiger partial charge is 0.175 e. The molecule has 0 amide bonds. The molecule has 2 aromatic carbocycles. The molecule has 2 aromatic rings. The van der Waals surface area contributed by atoms with E-state index in [0.717, 1.165) is 22.0 Å². The molecule has 0 heterocycles. The summed E-state index contributed by atoms with van der Waals surface area (Å²) in [6.07, 6.45) is 1.14. The Balaban J connectivity index is 2.39. The summed E-state index contributed by atoms with van der Waals surface area (Å²) in [5, 5.41) is 3.77. The summed E-state index contributed by atoms with van der Waals surface area (Å²) < 4.78 is 23.8. The topological polar surface area (TPSA) is 72.2 Å². The quantitative estimate of drug-likeness (QED) is 0.774. The van der Waals surface area contributed by atoms with E-state index >= 15 is 0 Å². The number of benzene rings is 2. The maximum Gasteiger partial charge on any atom is 0.175 e. The predicted molar refractivity (Wildman–Crippen MR) is 91.1 cm³/mol. The van der Waals surface area contributed by atoms with Crippen molar-refractivity contribution < 1.29 is 8.42 Å². The summed E-state index contributed by atoms with van der Waals surface area (Å²) in [7, 11) is -3.27. The molecule has 0 aromatic heterocycles. The first-order chi connectivity index (χ1) is 9.68. The SMILES string of the molecule is Cc1cc(Br)c(Nc2ccc(S(C)(=O)=O)cc2N)cc1Cl. The highest BCUT2D eigenvalue weighted by atomic mass is 79.9. The Labute approximate surface area is 137 Å². The number of aryl methyl sites for hydroxylation is 1. The van der Waals surface area contributed by atoms with E-state index in [4.69, 9.17) is 17.3 Å². The largest absolute Gasteiger partial charge is 0.397 e. The summed E-state index contributed by atoms with van der Waals surface area (Å²) in [6, 6.07) is 8.25. The molecule has 0 radical (unpaired) electrons. The second-order valence-electron chi connectivity index (χ2n) is 4.73. The molecule has 0 atom stereocenters. The van der Waals surface area contributed by atoms with E-state index in [0.29, 0.717) is 16.4 Å². The van der Waals surface area contributed by atoms with Gasteiger partial charge < -0.3 is 11.1 Å². The van der Waals surface area contributed by atoms with Crippen LogP contribution in [0, 0.1) is 6.92 Å². The highest BCUT2D eigenvalue weighted by Crippen LogP contribution is 2.33. The zero-order valence-corrected chi connectivity index (χ0v) is 14.6. The van der Waals surface area contributed by atoms with Crippen molar-refractivity contribution >= 4 is 54.4 Å². The van der Waals surface area contributed by atoms with Gasteiger partial charge in [0.2, 0.25) is 0 Å². The second-order valence-corrected chi connectivity index (χ2v) is 8.00. The number of anilines is 3. The maximum absolute atomic E-state index is 11.5. The Morgan fingerprint density at radius 3 is 2.43 bits per heavy atom. The summed E-state index contributed by atoms with van der Waals surface area (Å²) in [5.74, 6) is 0. The normalized spacial score (nSPS) is 11.4. The van der Waals surface area contributed by atoms with Crippen molar-refractivity contribution in [2.75, 3.05) is 17.3 Å². The number of sulfone groups is 1. The highest BCUT2D eigenvalue weighted by molar-refractivity contribution is 9.10. The van der Waals surface area contributed by atoms with Gasteiger partial charge in [0.1, 0.15) is 0 Å². The average molecular weight is 390 g/mol. The monoisotopic (exact) mass is 388 g/mol. The molecule has 0 aliphatic heterocycles. The van der Waals surface area contributed by atoms with Gasteiger partial charge in [-0.15, -0.1) is 0 Å². The van der Waals surface area contributed by atoms with Crippen molar-refractivity contribution in [2.45, 2.75) is 11.8 Å². The van der Waals surface area contributed by atoms with Crippen LogP contribution in [0.1, 0.15) is 5.56 Å². The van der Waals surface area contributed by atoms with Gasteiger partial charge in [-0.3, -0.25) is 0 Å². The molecule has 4 nitrogen and oxygen atoms in total. The minimum Gasteiger partial charge on any atom is -0.397 e. The number of halogens is 2. The standard InChI is InChI=1S/C14H14BrClN2O2S/c1-8-5-10(15)14(7-11(8)16)18-13-4-3-9(6-12(13)17)21(2,19)20/h3-7,18H,17H2,1-2H3. The van der Waals surface area contributed by atoms with E-state index in [1.54, 1.807) is 12.1 Å². The molecule has 7 heteroatoms. The lowest BCUT2D eigenvalue weighted by Gasteiger charge is -2.13. The Hall–Kier alpha value is -1.24. The second kappa shape index (κ2) is 5.87. The van der Waals surface area contributed by atoms with Crippen LogP contribution in [-0.2, 0) is 9.84 Å². The van der Waals surface area contributed by atoms with Crippen LogP contribution in [0.5, 0.6) is 0 Å². The van der Waals surface area contributed by atoms with Crippen LogP contribution in [0.15, 0.2) is 39.7 Å². The molecule has 0 unspecified atom stereocenters. The van der Waals surface area contributed by atoms with E-state index in [1.165, 1.54) is 12.1 Å². The van der Waals surface area contributed by atoms with Crippen LogP contribution < -0.4 is 11.1 Å². The lowest BCUT2D eigenvalue weighted by atomic mass is 10.2. The third kappa shape index (κ3) is 3.70. The molecule has 2 rings (SSSR count). The maximum atomic E-state index is 11.5. The fourth-order valence-electron chi connectivity index (χ4n) is 1.77. The van der Waals surface area contributed by atoms with Gasteiger partial charge >= 0.3 is 0 Å². The van der Waals surface area contributed by atoms with E-state index in [1.807, 2.05) is 13.0 Å². The molecule has 0 aliphatic carbocycles. The fraction of sp³-hybridized carbons (Fsp3) is 0.143. The van der Waals surface area contributed by atoms with Crippen molar-refractivity contribution in [2.24, 2.45) is 0 Å². The van der Waals surface area contributed by atoms with Crippen LogP contribution >= 0.6 is 27.5 Å².